The van der Waals surface area contributed by atoms with E-state index in [1.807, 2.05) is 41.3 Å². The fourth-order valence-corrected chi connectivity index (χ4v) is 4.10. The fraction of sp³-hybridized carbons (Fsp3) is 0.280. The van der Waals surface area contributed by atoms with Gasteiger partial charge in [0.05, 0.1) is 24.8 Å². The zero-order chi connectivity index (χ0) is 23.5. The standard InChI is InChI=1S/C25H24N4O5/c1-2-32-24(31)21-15-27-25(34-21)29-12-8-18(9-13-29)28-23(30)17-5-3-16(4-6-17)22-19-10-14-33-20(19)7-11-26-22/h3-7,10-11,14-15,18H,2,8-9,12-13H2,1H3,(H,28,30). The van der Waals surface area contributed by atoms with Crippen LogP contribution < -0.4 is 10.2 Å². The number of carbonyl (C=O) groups is 2. The van der Waals surface area contributed by atoms with Crippen LogP contribution in [0.1, 0.15) is 40.7 Å². The van der Waals surface area contributed by atoms with Crippen molar-refractivity contribution < 1.29 is 23.2 Å². The number of amides is 1. The summed E-state index contributed by atoms with van der Waals surface area (Å²) in [6.07, 6.45) is 6.22. The van der Waals surface area contributed by atoms with Crippen molar-refractivity contribution in [2.24, 2.45) is 0 Å². The lowest BCUT2D eigenvalue weighted by Gasteiger charge is -2.31. The van der Waals surface area contributed by atoms with Crippen LogP contribution in [0.4, 0.5) is 6.01 Å². The summed E-state index contributed by atoms with van der Waals surface area (Å²) in [6, 6.07) is 11.6. The number of carbonyl (C=O) groups excluding carboxylic acids is 2. The first kappa shape index (κ1) is 21.7. The summed E-state index contributed by atoms with van der Waals surface area (Å²) < 4.78 is 15.9. The second-order valence-corrected chi connectivity index (χ2v) is 8.03. The van der Waals surface area contributed by atoms with Crippen molar-refractivity contribution >= 4 is 28.9 Å². The van der Waals surface area contributed by atoms with E-state index in [4.69, 9.17) is 13.6 Å². The summed E-state index contributed by atoms with van der Waals surface area (Å²) in [5, 5.41) is 4.05. The van der Waals surface area contributed by atoms with E-state index in [-0.39, 0.29) is 24.3 Å². The molecule has 1 N–H and O–H groups in total. The molecule has 0 atom stereocenters. The van der Waals surface area contributed by atoms with E-state index < -0.39 is 5.97 Å². The van der Waals surface area contributed by atoms with Crippen LogP contribution in [0.2, 0.25) is 0 Å². The van der Waals surface area contributed by atoms with Gasteiger partial charge < -0.3 is 23.8 Å². The maximum atomic E-state index is 12.8. The number of esters is 1. The van der Waals surface area contributed by atoms with Gasteiger partial charge in [-0.25, -0.2) is 9.78 Å². The summed E-state index contributed by atoms with van der Waals surface area (Å²) in [4.78, 5) is 35.2. The molecule has 3 aromatic heterocycles. The van der Waals surface area contributed by atoms with E-state index >= 15 is 0 Å². The molecule has 9 heteroatoms. The Hall–Kier alpha value is -4.14. The predicted molar refractivity (Wildman–Crippen MR) is 125 cm³/mol. The molecule has 1 fully saturated rings. The molecular weight excluding hydrogens is 436 g/mol. The van der Waals surface area contributed by atoms with Crippen molar-refractivity contribution in [2.45, 2.75) is 25.8 Å². The topological polar surface area (TPSA) is 111 Å². The lowest BCUT2D eigenvalue weighted by Crippen LogP contribution is -2.44. The minimum atomic E-state index is -0.522. The Morgan fingerprint density at radius 3 is 2.68 bits per heavy atom. The molecule has 0 saturated carbocycles. The Morgan fingerprint density at radius 1 is 1.12 bits per heavy atom. The van der Waals surface area contributed by atoms with Gasteiger partial charge in [-0.15, -0.1) is 0 Å². The van der Waals surface area contributed by atoms with Crippen molar-refractivity contribution in [2.75, 3.05) is 24.6 Å². The number of piperidine rings is 1. The molecule has 1 amide bonds. The lowest BCUT2D eigenvalue weighted by molar-refractivity contribution is 0.0490. The van der Waals surface area contributed by atoms with E-state index in [1.54, 1.807) is 19.4 Å². The molecule has 1 saturated heterocycles. The van der Waals surface area contributed by atoms with Gasteiger partial charge in [0.25, 0.3) is 11.9 Å². The molecule has 1 aromatic carbocycles. The summed E-state index contributed by atoms with van der Waals surface area (Å²) in [5.41, 5.74) is 3.12. The first-order chi connectivity index (χ1) is 16.6. The molecule has 1 aliphatic heterocycles. The highest BCUT2D eigenvalue weighted by Gasteiger charge is 2.25. The molecule has 0 radical (unpaired) electrons. The quantitative estimate of drug-likeness (QED) is 0.429. The van der Waals surface area contributed by atoms with Crippen LogP contribution in [0.3, 0.4) is 0 Å². The highest BCUT2D eigenvalue weighted by atomic mass is 16.5. The Labute approximate surface area is 195 Å². The smallest absolute Gasteiger partial charge is 0.376 e. The maximum Gasteiger partial charge on any atom is 0.376 e. The van der Waals surface area contributed by atoms with Gasteiger partial charge in [-0.05, 0) is 44.0 Å². The molecule has 9 nitrogen and oxygen atoms in total. The van der Waals surface area contributed by atoms with Gasteiger partial charge in [0, 0.05) is 41.8 Å². The number of hydrogen-bond acceptors (Lipinski definition) is 8. The van der Waals surface area contributed by atoms with Crippen LogP contribution >= 0.6 is 0 Å². The number of oxazole rings is 1. The Morgan fingerprint density at radius 2 is 1.91 bits per heavy atom. The van der Waals surface area contributed by atoms with E-state index in [1.165, 1.54) is 6.20 Å². The largest absolute Gasteiger partial charge is 0.464 e. The molecular formula is C25H24N4O5. The Balaban J connectivity index is 1.17. The number of aromatic nitrogens is 2. The van der Waals surface area contributed by atoms with Gasteiger partial charge in [-0.2, -0.15) is 0 Å². The molecule has 34 heavy (non-hydrogen) atoms. The van der Waals surface area contributed by atoms with Crippen molar-refractivity contribution in [3.8, 4) is 11.3 Å². The van der Waals surface area contributed by atoms with Crippen LogP contribution in [0.5, 0.6) is 0 Å². The number of nitrogens with one attached hydrogen (secondary N) is 1. The van der Waals surface area contributed by atoms with Crippen LogP contribution in [-0.4, -0.2) is 47.6 Å². The third-order valence-electron chi connectivity index (χ3n) is 5.87. The zero-order valence-electron chi connectivity index (χ0n) is 18.7. The summed E-state index contributed by atoms with van der Waals surface area (Å²) in [6.45, 7) is 3.33. The first-order valence-electron chi connectivity index (χ1n) is 11.2. The number of anilines is 1. The molecule has 1 aliphatic rings. The fourth-order valence-electron chi connectivity index (χ4n) is 4.10. The molecule has 0 aliphatic carbocycles. The highest BCUT2D eigenvalue weighted by molar-refractivity contribution is 5.96. The van der Waals surface area contributed by atoms with Gasteiger partial charge in [0.1, 0.15) is 5.58 Å². The average molecular weight is 460 g/mol. The zero-order valence-corrected chi connectivity index (χ0v) is 18.7. The number of fused-ring (bicyclic) bond motifs is 1. The van der Waals surface area contributed by atoms with Crippen LogP contribution in [0.25, 0.3) is 22.2 Å². The molecule has 5 rings (SSSR count). The molecule has 0 bridgehead atoms. The summed E-state index contributed by atoms with van der Waals surface area (Å²) in [7, 11) is 0. The van der Waals surface area contributed by atoms with Gasteiger partial charge in [-0.3, -0.25) is 9.78 Å². The highest BCUT2D eigenvalue weighted by Crippen LogP contribution is 2.27. The molecule has 4 heterocycles. The third kappa shape index (κ3) is 4.36. The van der Waals surface area contributed by atoms with Crippen molar-refractivity contribution in [3.05, 3.63) is 66.4 Å². The average Bonchev–Trinajstić information content (AvgIpc) is 3.55. The van der Waals surface area contributed by atoms with E-state index in [9.17, 15) is 9.59 Å². The number of ether oxygens (including phenoxy) is 1. The minimum absolute atomic E-state index is 0.0456. The monoisotopic (exact) mass is 460 g/mol. The third-order valence-corrected chi connectivity index (χ3v) is 5.87. The number of nitrogens with zero attached hydrogens (tertiary/aromatic N) is 3. The predicted octanol–water partition coefficient (Wildman–Crippen LogP) is 4.06. The Kier molecular flexibility index (Phi) is 5.99. The van der Waals surface area contributed by atoms with Gasteiger partial charge in [0.15, 0.2) is 0 Å². The van der Waals surface area contributed by atoms with Gasteiger partial charge in [0.2, 0.25) is 5.76 Å². The number of furan rings is 1. The van der Waals surface area contributed by atoms with E-state index in [0.717, 1.165) is 35.1 Å². The van der Waals surface area contributed by atoms with E-state index in [0.29, 0.717) is 24.7 Å². The number of rotatable bonds is 6. The Bertz CT molecular complexity index is 1300. The van der Waals surface area contributed by atoms with Crippen molar-refractivity contribution in [1.29, 1.82) is 0 Å². The lowest BCUT2D eigenvalue weighted by atomic mass is 10.0. The second-order valence-electron chi connectivity index (χ2n) is 8.03. The van der Waals surface area contributed by atoms with Crippen LogP contribution in [0, 0.1) is 0 Å². The van der Waals surface area contributed by atoms with Crippen LogP contribution in [-0.2, 0) is 4.74 Å². The normalized spacial score (nSPS) is 14.3. The molecule has 0 unspecified atom stereocenters. The molecule has 4 aromatic rings. The van der Waals surface area contributed by atoms with Crippen molar-refractivity contribution in [3.63, 3.8) is 0 Å². The van der Waals surface area contributed by atoms with Crippen LogP contribution in [0.15, 0.2) is 63.9 Å². The first-order valence-corrected chi connectivity index (χ1v) is 11.2. The number of hydrogen-bond donors (Lipinski definition) is 1. The van der Waals surface area contributed by atoms with Gasteiger partial charge >= 0.3 is 5.97 Å². The summed E-state index contributed by atoms with van der Waals surface area (Å²) in [5.74, 6) is -0.540. The maximum absolute atomic E-state index is 12.8. The van der Waals surface area contributed by atoms with E-state index in [2.05, 4.69) is 15.3 Å². The van der Waals surface area contributed by atoms with Gasteiger partial charge in [-0.1, -0.05) is 12.1 Å². The second kappa shape index (κ2) is 9.38. The number of pyridine rings is 1. The molecule has 0 spiro atoms. The SMILES string of the molecule is CCOC(=O)c1cnc(N2CCC(NC(=O)c3ccc(-c4nccc5occc45)cc3)CC2)o1. The minimum Gasteiger partial charge on any atom is -0.464 e. The van der Waals surface area contributed by atoms with Crippen molar-refractivity contribution in [1.82, 2.24) is 15.3 Å². The summed E-state index contributed by atoms with van der Waals surface area (Å²) >= 11 is 0. The number of benzene rings is 1. The molecule has 174 valence electrons.